The number of benzene rings is 2. The summed E-state index contributed by atoms with van der Waals surface area (Å²) in [4.78, 5) is 13.2. The van der Waals surface area contributed by atoms with Gasteiger partial charge >= 0.3 is 0 Å². The maximum Gasteiger partial charge on any atom is 0.235 e. The first-order valence-electron chi connectivity index (χ1n) is 8.94. The fraction of sp³-hybridized carbons (Fsp3) is 0.381. The van der Waals surface area contributed by atoms with Crippen LogP contribution in [0.15, 0.2) is 42.5 Å². The van der Waals surface area contributed by atoms with Crippen LogP contribution in [0.5, 0.6) is 5.75 Å². The first kappa shape index (κ1) is 18.4. The number of amides is 1. The van der Waals surface area contributed by atoms with Crippen molar-refractivity contribution in [3.63, 3.8) is 0 Å². The van der Waals surface area contributed by atoms with Gasteiger partial charge in [0.25, 0.3) is 0 Å². The average molecular weight is 357 g/mol. The second-order valence-corrected chi connectivity index (χ2v) is 6.57. The summed E-state index contributed by atoms with van der Waals surface area (Å²) in [6, 6.07) is 11.8. The molecule has 0 spiro atoms. The largest absolute Gasteiger partial charge is 0.494 e. The van der Waals surface area contributed by atoms with Gasteiger partial charge in [-0.2, -0.15) is 0 Å². The molecule has 1 N–H and O–H groups in total. The molecule has 0 radical (unpaired) electrons. The van der Waals surface area contributed by atoms with Gasteiger partial charge in [0.2, 0.25) is 5.91 Å². The van der Waals surface area contributed by atoms with Crippen molar-refractivity contribution in [1.29, 1.82) is 0 Å². The Labute approximate surface area is 153 Å². The fourth-order valence-corrected chi connectivity index (χ4v) is 3.43. The Bertz CT molecular complexity index is 767. The van der Waals surface area contributed by atoms with Gasteiger partial charge in [-0.05, 0) is 68.1 Å². The van der Waals surface area contributed by atoms with Crippen molar-refractivity contribution in [3.05, 3.63) is 59.4 Å². The standard InChI is InChI=1S/C21H24FNO3/c1-3-26-19-9-8-18(14-15(19)2)23-20(24)21(10-12-25-13-11-21)16-4-6-17(22)7-5-16/h4-9,14H,3,10-13H2,1-2H3,(H,23,24). The van der Waals surface area contributed by atoms with Gasteiger partial charge in [-0.25, -0.2) is 4.39 Å². The molecule has 0 aliphatic carbocycles. The van der Waals surface area contributed by atoms with Gasteiger partial charge < -0.3 is 14.8 Å². The SMILES string of the molecule is CCOc1ccc(NC(=O)C2(c3ccc(F)cc3)CCOCC2)cc1C. The van der Waals surface area contributed by atoms with Crippen molar-refractivity contribution >= 4 is 11.6 Å². The normalized spacial score (nSPS) is 16.1. The third-order valence-corrected chi connectivity index (χ3v) is 4.91. The highest BCUT2D eigenvalue weighted by Gasteiger charge is 2.41. The maximum absolute atomic E-state index is 13.3. The number of hydrogen-bond donors (Lipinski definition) is 1. The number of rotatable bonds is 5. The Balaban J connectivity index is 1.86. The van der Waals surface area contributed by atoms with Crippen molar-refractivity contribution in [2.24, 2.45) is 0 Å². The molecule has 1 heterocycles. The molecule has 1 amide bonds. The van der Waals surface area contributed by atoms with E-state index in [2.05, 4.69) is 5.32 Å². The summed E-state index contributed by atoms with van der Waals surface area (Å²) in [6.07, 6.45) is 1.14. The Morgan fingerprint density at radius 1 is 1.19 bits per heavy atom. The highest BCUT2D eigenvalue weighted by atomic mass is 19.1. The second-order valence-electron chi connectivity index (χ2n) is 6.57. The predicted octanol–water partition coefficient (Wildman–Crippen LogP) is 4.22. The summed E-state index contributed by atoms with van der Waals surface area (Å²) < 4.78 is 24.3. The van der Waals surface area contributed by atoms with E-state index in [1.54, 1.807) is 12.1 Å². The molecule has 0 aromatic heterocycles. The van der Waals surface area contributed by atoms with Crippen LogP contribution >= 0.6 is 0 Å². The lowest BCUT2D eigenvalue weighted by atomic mass is 9.73. The van der Waals surface area contributed by atoms with Gasteiger partial charge in [0, 0.05) is 18.9 Å². The van der Waals surface area contributed by atoms with Crippen molar-refractivity contribution in [1.82, 2.24) is 0 Å². The van der Waals surface area contributed by atoms with E-state index in [0.29, 0.717) is 32.7 Å². The first-order chi connectivity index (χ1) is 12.5. The first-order valence-corrected chi connectivity index (χ1v) is 8.94. The molecule has 4 nitrogen and oxygen atoms in total. The molecule has 2 aromatic carbocycles. The Kier molecular flexibility index (Phi) is 5.57. The van der Waals surface area contributed by atoms with E-state index in [-0.39, 0.29) is 11.7 Å². The lowest BCUT2D eigenvalue weighted by Gasteiger charge is -2.36. The summed E-state index contributed by atoms with van der Waals surface area (Å²) >= 11 is 0. The molecule has 3 rings (SSSR count). The zero-order chi connectivity index (χ0) is 18.6. The zero-order valence-electron chi connectivity index (χ0n) is 15.2. The monoisotopic (exact) mass is 357 g/mol. The lowest BCUT2D eigenvalue weighted by Crippen LogP contribution is -2.44. The van der Waals surface area contributed by atoms with E-state index in [9.17, 15) is 9.18 Å². The van der Waals surface area contributed by atoms with Crippen LogP contribution in [-0.4, -0.2) is 25.7 Å². The summed E-state index contributed by atoms with van der Waals surface area (Å²) in [5.74, 6) is 0.416. The topological polar surface area (TPSA) is 47.6 Å². The van der Waals surface area contributed by atoms with Crippen LogP contribution in [0.3, 0.4) is 0 Å². The van der Waals surface area contributed by atoms with Crippen LogP contribution in [0.25, 0.3) is 0 Å². The highest BCUT2D eigenvalue weighted by molar-refractivity contribution is 5.99. The average Bonchev–Trinajstić information content (AvgIpc) is 2.65. The predicted molar refractivity (Wildman–Crippen MR) is 99.1 cm³/mol. The van der Waals surface area contributed by atoms with Gasteiger partial charge in [-0.1, -0.05) is 12.1 Å². The molecule has 138 valence electrons. The van der Waals surface area contributed by atoms with E-state index in [4.69, 9.17) is 9.47 Å². The van der Waals surface area contributed by atoms with E-state index in [1.165, 1.54) is 12.1 Å². The molecule has 0 unspecified atom stereocenters. The minimum atomic E-state index is -0.710. The molecular formula is C21H24FNO3. The van der Waals surface area contributed by atoms with Crippen LogP contribution < -0.4 is 10.1 Å². The minimum absolute atomic E-state index is 0.0871. The summed E-state index contributed by atoms with van der Waals surface area (Å²) in [5, 5.41) is 3.03. The highest BCUT2D eigenvalue weighted by Crippen LogP contribution is 2.36. The van der Waals surface area contributed by atoms with Gasteiger partial charge in [0.1, 0.15) is 11.6 Å². The Morgan fingerprint density at radius 2 is 1.88 bits per heavy atom. The number of carbonyl (C=O) groups excluding carboxylic acids is 1. The van der Waals surface area contributed by atoms with Crippen LogP contribution in [0.1, 0.15) is 30.9 Å². The second kappa shape index (κ2) is 7.87. The number of anilines is 1. The maximum atomic E-state index is 13.3. The van der Waals surface area contributed by atoms with Crippen LogP contribution in [0.4, 0.5) is 10.1 Å². The van der Waals surface area contributed by atoms with Crippen molar-refractivity contribution in [2.75, 3.05) is 25.1 Å². The van der Waals surface area contributed by atoms with Gasteiger partial charge in [0.05, 0.1) is 12.0 Å². The van der Waals surface area contributed by atoms with E-state index >= 15 is 0 Å². The van der Waals surface area contributed by atoms with Crippen LogP contribution in [-0.2, 0) is 14.9 Å². The Hall–Kier alpha value is -2.40. The van der Waals surface area contributed by atoms with Crippen molar-refractivity contribution < 1.29 is 18.7 Å². The molecule has 2 aromatic rings. The van der Waals surface area contributed by atoms with Crippen molar-refractivity contribution in [3.8, 4) is 5.75 Å². The third kappa shape index (κ3) is 3.73. The molecule has 5 heteroatoms. The smallest absolute Gasteiger partial charge is 0.235 e. The van der Waals surface area contributed by atoms with Gasteiger partial charge in [0.15, 0.2) is 0 Å². The summed E-state index contributed by atoms with van der Waals surface area (Å²) in [5.41, 5.74) is 1.80. The lowest BCUT2D eigenvalue weighted by molar-refractivity contribution is -0.125. The summed E-state index contributed by atoms with van der Waals surface area (Å²) in [6.45, 7) is 5.50. The quantitative estimate of drug-likeness (QED) is 0.872. The molecule has 0 saturated carbocycles. The third-order valence-electron chi connectivity index (χ3n) is 4.91. The Morgan fingerprint density at radius 3 is 2.50 bits per heavy atom. The van der Waals surface area contributed by atoms with Gasteiger partial charge in [-0.3, -0.25) is 4.79 Å². The van der Waals surface area contributed by atoms with E-state index in [1.807, 2.05) is 32.0 Å². The molecule has 0 atom stereocenters. The number of hydrogen-bond acceptors (Lipinski definition) is 3. The molecule has 1 aliphatic heterocycles. The van der Waals surface area contributed by atoms with Crippen molar-refractivity contribution in [2.45, 2.75) is 32.1 Å². The number of aryl methyl sites for hydroxylation is 1. The van der Waals surface area contributed by atoms with E-state index < -0.39 is 5.41 Å². The van der Waals surface area contributed by atoms with Gasteiger partial charge in [-0.15, -0.1) is 0 Å². The molecule has 26 heavy (non-hydrogen) atoms. The van der Waals surface area contributed by atoms with Crippen LogP contribution in [0, 0.1) is 12.7 Å². The number of ether oxygens (including phenoxy) is 2. The molecule has 1 fully saturated rings. The molecule has 1 saturated heterocycles. The molecular weight excluding hydrogens is 333 g/mol. The molecule has 0 bridgehead atoms. The zero-order valence-corrected chi connectivity index (χ0v) is 15.2. The number of carbonyl (C=O) groups is 1. The summed E-state index contributed by atoms with van der Waals surface area (Å²) in [7, 11) is 0. The van der Waals surface area contributed by atoms with Crippen LogP contribution in [0.2, 0.25) is 0 Å². The fourth-order valence-electron chi connectivity index (χ4n) is 3.43. The molecule has 1 aliphatic rings. The minimum Gasteiger partial charge on any atom is -0.494 e. The number of nitrogens with one attached hydrogen (secondary N) is 1. The van der Waals surface area contributed by atoms with E-state index in [0.717, 1.165) is 22.6 Å². The number of halogens is 1.